The molecule has 0 bridgehead atoms. The Hall–Kier alpha value is -0.510. The molecule has 0 amide bonds. The first kappa shape index (κ1) is 8.59. The molecular formula is C10H17N. The largest absolute Gasteiger partial charge is 0.317 e. The van der Waals surface area contributed by atoms with Crippen LogP contribution < -0.4 is 0 Å². The van der Waals surface area contributed by atoms with E-state index in [0.29, 0.717) is 5.41 Å². The van der Waals surface area contributed by atoms with Gasteiger partial charge in [-0.15, -0.1) is 0 Å². The van der Waals surface area contributed by atoms with Crippen molar-refractivity contribution in [1.82, 2.24) is 0 Å². The van der Waals surface area contributed by atoms with Gasteiger partial charge in [0.05, 0.1) is 0 Å². The Morgan fingerprint density at radius 1 is 1.27 bits per heavy atom. The van der Waals surface area contributed by atoms with Gasteiger partial charge in [0.2, 0.25) is 6.54 Å². The summed E-state index contributed by atoms with van der Waals surface area (Å²) in [6.07, 6.45) is 8.00. The Kier molecular flexibility index (Phi) is 2.93. The van der Waals surface area contributed by atoms with Crippen LogP contribution in [0.25, 0.3) is 4.85 Å². The normalized spacial score (nSPS) is 22.5. The molecule has 1 fully saturated rings. The maximum Gasteiger partial charge on any atom is 0.215 e. The Balaban J connectivity index is 2.32. The average Bonchev–Trinajstić information content (AvgIpc) is 2.03. The molecule has 0 aliphatic heterocycles. The van der Waals surface area contributed by atoms with Crippen LogP contribution in [0.3, 0.4) is 0 Å². The van der Waals surface area contributed by atoms with Gasteiger partial charge < -0.3 is 4.85 Å². The molecule has 0 aromatic carbocycles. The number of rotatable bonds is 2. The minimum Gasteiger partial charge on any atom is -0.317 e. The fourth-order valence-corrected chi connectivity index (χ4v) is 1.98. The van der Waals surface area contributed by atoms with Crippen molar-refractivity contribution in [3.63, 3.8) is 0 Å². The molecule has 1 aliphatic carbocycles. The first-order valence-electron chi connectivity index (χ1n) is 4.60. The average molecular weight is 151 g/mol. The summed E-state index contributed by atoms with van der Waals surface area (Å²) in [6, 6.07) is 0. The summed E-state index contributed by atoms with van der Waals surface area (Å²) >= 11 is 0. The van der Waals surface area contributed by atoms with Crippen LogP contribution in [0.5, 0.6) is 0 Å². The molecule has 1 heteroatoms. The molecule has 0 radical (unpaired) electrons. The van der Waals surface area contributed by atoms with E-state index in [-0.39, 0.29) is 0 Å². The zero-order chi connectivity index (χ0) is 8.16. The molecule has 0 N–H and O–H groups in total. The van der Waals surface area contributed by atoms with Gasteiger partial charge >= 0.3 is 0 Å². The van der Waals surface area contributed by atoms with E-state index >= 15 is 0 Å². The first-order chi connectivity index (χ1) is 5.27. The van der Waals surface area contributed by atoms with Crippen LogP contribution in [0.2, 0.25) is 0 Å². The molecule has 1 saturated carbocycles. The smallest absolute Gasteiger partial charge is 0.215 e. The summed E-state index contributed by atoms with van der Waals surface area (Å²) in [5, 5.41) is 0. The van der Waals surface area contributed by atoms with Crippen molar-refractivity contribution in [2.45, 2.75) is 45.4 Å². The van der Waals surface area contributed by atoms with Crippen LogP contribution in [0.15, 0.2) is 0 Å². The summed E-state index contributed by atoms with van der Waals surface area (Å²) in [4.78, 5) is 3.42. The summed E-state index contributed by atoms with van der Waals surface area (Å²) in [5.41, 5.74) is 0.517. The summed E-state index contributed by atoms with van der Waals surface area (Å²) < 4.78 is 0. The van der Waals surface area contributed by atoms with Crippen LogP contribution in [0.1, 0.15) is 45.4 Å². The molecule has 1 rings (SSSR count). The molecule has 0 spiro atoms. The Bertz CT molecular complexity index is 149. The third-order valence-corrected chi connectivity index (χ3v) is 2.89. The van der Waals surface area contributed by atoms with Gasteiger partial charge in [0, 0.05) is 6.42 Å². The molecule has 0 saturated heterocycles. The standard InChI is InChI=1S/C10H17N/c1-10(8-9-11-2)6-4-3-5-7-10/h3-9H2,1H3. The molecule has 0 atom stereocenters. The maximum atomic E-state index is 6.73. The monoisotopic (exact) mass is 151 g/mol. The van der Waals surface area contributed by atoms with E-state index in [1.807, 2.05) is 0 Å². The SMILES string of the molecule is [C-]#[N+]CCC1(C)CCCCC1. The van der Waals surface area contributed by atoms with Crippen LogP contribution in [0.4, 0.5) is 0 Å². The van der Waals surface area contributed by atoms with Gasteiger partial charge in [0.1, 0.15) is 0 Å². The van der Waals surface area contributed by atoms with E-state index in [4.69, 9.17) is 6.57 Å². The van der Waals surface area contributed by atoms with Gasteiger partial charge in [-0.3, -0.25) is 0 Å². The van der Waals surface area contributed by atoms with E-state index in [2.05, 4.69) is 11.8 Å². The van der Waals surface area contributed by atoms with Crippen LogP contribution in [-0.4, -0.2) is 6.54 Å². The maximum absolute atomic E-state index is 6.73. The fourth-order valence-electron chi connectivity index (χ4n) is 1.98. The molecular weight excluding hydrogens is 134 g/mol. The second kappa shape index (κ2) is 3.76. The highest BCUT2D eigenvalue weighted by atomic mass is 14.6. The molecule has 0 unspecified atom stereocenters. The second-order valence-electron chi connectivity index (χ2n) is 4.00. The molecule has 0 aromatic rings. The van der Waals surface area contributed by atoms with E-state index in [1.54, 1.807) is 0 Å². The van der Waals surface area contributed by atoms with Crippen LogP contribution in [-0.2, 0) is 0 Å². The lowest BCUT2D eigenvalue weighted by Crippen LogP contribution is -2.20. The zero-order valence-electron chi connectivity index (χ0n) is 7.40. The minimum absolute atomic E-state index is 0.517. The lowest BCUT2D eigenvalue weighted by molar-refractivity contribution is 0.206. The highest BCUT2D eigenvalue weighted by molar-refractivity contribution is 4.80. The third kappa shape index (κ3) is 2.54. The van der Waals surface area contributed by atoms with Crippen molar-refractivity contribution < 1.29 is 0 Å². The number of nitrogens with zero attached hydrogens (tertiary/aromatic N) is 1. The molecule has 11 heavy (non-hydrogen) atoms. The van der Waals surface area contributed by atoms with Gasteiger partial charge in [0.25, 0.3) is 0 Å². The number of hydrogen-bond donors (Lipinski definition) is 0. The van der Waals surface area contributed by atoms with Crippen molar-refractivity contribution in [2.24, 2.45) is 5.41 Å². The van der Waals surface area contributed by atoms with E-state index in [1.165, 1.54) is 32.1 Å². The molecule has 1 aliphatic rings. The van der Waals surface area contributed by atoms with Crippen molar-refractivity contribution in [3.8, 4) is 0 Å². The first-order valence-corrected chi connectivity index (χ1v) is 4.60. The third-order valence-electron chi connectivity index (χ3n) is 2.89. The van der Waals surface area contributed by atoms with Crippen LogP contribution in [0, 0.1) is 12.0 Å². The predicted molar refractivity (Wildman–Crippen MR) is 47.3 cm³/mol. The topological polar surface area (TPSA) is 4.36 Å². The highest BCUT2D eigenvalue weighted by Crippen LogP contribution is 2.38. The Morgan fingerprint density at radius 3 is 2.45 bits per heavy atom. The number of hydrogen-bond acceptors (Lipinski definition) is 0. The summed E-state index contributed by atoms with van der Waals surface area (Å²) in [7, 11) is 0. The van der Waals surface area contributed by atoms with Gasteiger partial charge in [-0.1, -0.05) is 26.2 Å². The van der Waals surface area contributed by atoms with Gasteiger partial charge in [-0.05, 0) is 18.3 Å². The molecule has 1 nitrogen and oxygen atoms in total. The second-order valence-corrected chi connectivity index (χ2v) is 4.00. The van der Waals surface area contributed by atoms with Crippen molar-refractivity contribution in [1.29, 1.82) is 0 Å². The Labute approximate surface area is 69.6 Å². The molecule has 62 valence electrons. The Morgan fingerprint density at radius 2 is 1.91 bits per heavy atom. The van der Waals surface area contributed by atoms with E-state index in [0.717, 1.165) is 13.0 Å². The summed E-state index contributed by atoms with van der Waals surface area (Å²) in [6.45, 7) is 9.81. The van der Waals surface area contributed by atoms with Gasteiger partial charge in [-0.25, -0.2) is 6.57 Å². The van der Waals surface area contributed by atoms with E-state index in [9.17, 15) is 0 Å². The van der Waals surface area contributed by atoms with E-state index < -0.39 is 0 Å². The van der Waals surface area contributed by atoms with Crippen LogP contribution >= 0.6 is 0 Å². The van der Waals surface area contributed by atoms with Crippen molar-refractivity contribution in [3.05, 3.63) is 11.4 Å². The zero-order valence-corrected chi connectivity index (χ0v) is 7.40. The minimum atomic E-state index is 0.517. The lowest BCUT2D eigenvalue weighted by atomic mass is 9.73. The highest BCUT2D eigenvalue weighted by Gasteiger charge is 2.26. The quantitative estimate of drug-likeness (QED) is 0.533. The van der Waals surface area contributed by atoms with Crippen molar-refractivity contribution >= 4 is 0 Å². The van der Waals surface area contributed by atoms with Gasteiger partial charge in [0.15, 0.2) is 0 Å². The van der Waals surface area contributed by atoms with Crippen molar-refractivity contribution in [2.75, 3.05) is 6.54 Å². The lowest BCUT2D eigenvalue weighted by Gasteiger charge is -2.31. The summed E-state index contributed by atoms with van der Waals surface area (Å²) in [5.74, 6) is 0. The predicted octanol–water partition coefficient (Wildman–Crippen LogP) is 3.27. The molecule has 0 heterocycles. The fraction of sp³-hybridized carbons (Fsp3) is 0.900. The molecule has 0 aromatic heterocycles. The van der Waals surface area contributed by atoms with Gasteiger partial charge in [-0.2, -0.15) is 0 Å².